The second-order valence-electron chi connectivity index (χ2n) is 7.09. The van der Waals surface area contributed by atoms with E-state index < -0.39 is 17.6 Å². The summed E-state index contributed by atoms with van der Waals surface area (Å²) in [4.78, 5) is 35.8. The third kappa shape index (κ3) is 7.27. The number of nitrogens with one attached hydrogen (secondary N) is 3. The lowest BCUT2D eigenvalue weighted by Crippen LogP contribution is -2.32. The molecule has 9 heteroatoms. The number of nitrogens with zero attached hydrogens (tertiary/aromatic N) is 1. The SMILES string of the molecule is CCc1ccc(NC(=O)COc2cccc(/C=N\NC(=O)C(=O)Nc3ccccc3F)c2)cc1. The molecule has 8 nitrogen and oxygen atoms in total. The van der Waals surface area contributed by atoms with Crippen LogP contribution in [0.5, 0.6) is 5.75 Å². The van der Waals surface area contributed by atoms with E-state index in [1.54, 1.807) is 24.3 Å². The van der Waals surface area contributed by atoms with Gasteiger partial charge in [0.1, 0.15) is 11.6 Å². The van der Waals surface area contributed by atoms with Crippen LogP contribution in [-0.2, 0) is 20.8 Å². The summed E-state index contributed by atoms with van der Waals surface area (Å²) in [5, 5.41) is 8.64. The summed E-state index contributed by atoms with van der Waals surface area (Å²) in [5.41, 5.74) is 4.37. The summed E-state index contributed by atoms with van der Waals surface area (Å²) in [6.07, 6.45) is 2.22. The van der Waals surface area contributed by atoms with Gasteiger partial charge in [0, 0.05) is 5.69 Å². The van der Waals surface area contributed by atoms with E-state index in [1.165, 1.54) is 30.0 Å². The lowest BCUT2D eigenvalue weighted by Gasteiger charge is -2.08. The van der Waals surface area contributed by atoms with Crippen molar-refractivity contribution in [3.8, 4) is 5.75 Å². The molecule has 3 aromatic rings. The quantitative estimate of drug-likeness (QED) is 0.270. The van der Waals surface area contributed by atoms with Gasteiger partial charge in [-0.2, -0.15) is 5.10 Å². The molecule has 0 aliphatic heterocycles. The smallest absolute Gasteiger partial charge is 0.329 e. The van der Waals surface area contributed by atoms with Crippen molar-refractivity contribution in [2.24, 2.45) is 5.10 Å². The van der Waals surface area contributed by atoms with Gasteiger partial charge < -0.3 is 15.4 Å². The molecule has 0 heterocycles. The van der Waals surface area contributed by atoms with Crippen molar-refractivity contribution in [2.45, 2.75) is 13.3 Å². The van der Waals surface area contributed by atoms with E-state index in [2.05, 4.69) is 28.1 Å². The highest BCUT2D eigenvalue weighted by atomic mass is 19.1. The van der Waals surface area contributed by atoms with Crippen LogP contribution >= 0.6 is 0 Å². The first-order chi connectivity index (χ1) is 16.4. The Balaban J connectivity index is 1.47. The molecule has 0 spiro atoms. The zero-order valence-corrected chi connectivity index (χ0v) is 18.4. The van der Waals surface area contributed by atoms with Crippen LogP contribution < -0.4 is 20.8 Å². The standard InChI is InChI=1S/C25H23FN4O4/c1-2-17-10-12-19(13-11-17)28-23(31)16-34-20-7-5-6-18(14-20)15-27-30-25(33)24(32)29-22-9-4-3-8-21(22)26/h3-15H,2,16H2,1H3,(H,28,31)(H,29,32)(H,30,33)/b27-15-. The Labute approximate surface area is 195 Å². The molecule has 0 atom stereocenters. The minimum atomic E-state index is -1.06. The van der Waals surface area contributed by atoms with Gasteiger partial charge in [-0.25, -0.2) is 9.82 Å². The fourth-order valence-electron chi connectivity index (χ4n) is 2.81. The number of amides is 3. The molecule has 3 aromatic carbocycles. The molecular weight excluding hydrogens is 439 g/mol. The number of carbonyl (C=O) groups excluding carboxylic acids is 3. The number of rotatable bonds is 8. The molecule has 0 saturated heterocycles. The van der Waals surface area contributed by atoms with Gasteiger partial charge in [-0.15, -0.1) is 0 Å². The average Bonchev–Trinajstić information content (AvgIpc) is 2.85. The van der Waals surface area contributed by atoms with E-state index in [0.29, 0.717) is 17.0 Å². The third-order valence-corrected chi connectivity index (χ3v) is 4.58. The van der Waals surface area contributed by atoms with Gasteiger partial charge in [-0.1, -0.05) is 43.3 Å². The molecule has 0 radical (unpaired) electrons. The molecule has 0 aliphatic rings. The van der Waals surface area contributed by atoms with Crippen LogP contribution in [0.15, 0.2) is 77.9 Å². The van der Waals surface area contributed by atoms with Crippen molar-refractivity contribution in [3.63, 3.8) is 0 Å². The van der Waals surface area contributed by atoms with Crippen LogP contribution in [0.2, 0.25) is 0 Å². The maximum Gasteiger partial charge on any atom is 0.329 e. The fourth-order valence-corrected chi connectivity index (χ4v) is 2.81. The molecule has 174 valence electrons. The van der Waals surface area contributed by atoms with Crippen LogP contribution in [0.1, 0.15) is 18.1 Å². The van der Waals surface area contributed by atoms with Crippen LogP contribution in [0, 0.1) is 5.82 Å². The number of anilines is 2. The van der Waals surface area contributed by atoms with Gasteiger partial charge >= 0.3 is 11.8 Å². The zero-order valence-electron chi connectivity index (χ0n) is 18.4. The molecule has 34 heavy (non-hydrogen) atoms. The van der Waals surface area contributed by atoms with E-state index in [0.717, 1.165) is 12.5 Å². The van der Waals surface area contributed by atoms with Crippen molar-refractivity contribution < 1.29 is 23.5 Å². The van der Waals surface area contributed by atoms with Crippen LogP contribution in [-0.4, -0.2) is 30.5 Å². The number of carbonyl (C=O) groups is 3. The highest BCUT2D eigenvalue weighted by Crippen LogP contribution is 2.14. The summed E-state index contributed by atoms with van der Waals surface area (Å²) in [5.74, 6) is -2.67. The van der Waals surface area contributed by atoms with Crippen molar-refractivity contribution in [2.75, 3.05) is 17.2 Å². The number of ether oxygens (including phenoxy) is 1. The number of halogens is 1. The maximum atomic E-state index is 13.6. The summed E-state index contributed by atoms with van der Waals surface area (Å²) in [7, 11) is 0. The first-order valence-electron chi connectivity index (χ1n) is 10.4. The zero-order chi connectivity index (χ0) is 24.3. The number of hydrogen-bond donors (Lipinski definition) is 3. The minimum absolute atomic E-state index is 0.113. The topological polar surface area (TPSA) is 109 Å². The minimum Gasteiger partial charge on any atom is -0.484 e. The Hall–Kier alpha value is -4.53. The Morgan fingerprint density at radius 3 is 2.44 bits per heavy atom. The normalized spacial score (nSPS) is 10.5. The van der Waals surface area contributed by atoms with Crippen LogP contribution in [0.3, 0.4) is 0 Å². The molecule has 0 saturated carbocycles. The van der Waals surface area contributed by atoms with Gasteiger partial charge in [0.25, 0.3) is 5.91 Å². The summed E-state index contributed by atoms with van der Waals surface area (Å²) in [6.45, 7) is 1.86. The highest BCUT2D eigenvalue weighted by molar-refractivity contribution is 6.39. The van der Waals surface area contributed by atoms with E-state index in [1.807, 2.05) is 24.3 Å². The van der Waals surface area contributed by atoms with Crippen molar-refractivity contribution >= 4 is 35.3 Å². The molecule has 3 rings (SSSR count). The molecule has 0 aromatic heterocycles. The van der Waals surface area contributed by atoms with Gasteiger partial charge in [0.2, 0.25) is 0 Å². The first-order valence-corrected chi connectivity index (χ1v) is 10.4. The second-order valence-corrected chi connectivity index (χ2v) is 7.09. The lowest BCUT2D eigenvalue weighted by molar-refractivity contribution is -0.136. The van der Waals surface area contributed by atoms with Crippen molar-refractivity contribution in [1.82, 2.24) is 5.43 Å². The van der Waals surface area contributed by atoms with Gasteiger partial charge in [0.15, 0.2) is 6.61 Å². The number of para-hydroxylation sites is 1. The van der Waals surface area contributed by atoms with Gasteiger partial charge in [-0.3, -0.25) is 14.4 Å². The largest absolute Gasteiger partial charge is 0.484 e. The van der Waals surface area contributed by atoms with Crippen LogP contribution in [0.4, 0.5) is 15.8 Å². The van der Waals surface area contributed by atoms with Crippen LogP contribution in [0.25, 0.3) is 0 Å². The number of hydrogen-bond acceptors (Lipinski definition) is 5. The third-order valence-electron chi connectivity index (χ3n) is 4.58. The fraction of sp³-hybridized carbons (Fsp3) is 0.120. The maximum absolute atomic E-state index is 13.6. The van der Waals surface area contributed by atoms with Gasteiger partial charge in [-0.05, 0) is 53.9 Å². The highest BCUT2D eigenvalue weighted by Gasteiger charge is 2.14. The van der Waals surface area contributed by atoms with Gasteiger partial charge in [0.05, 0.1) is 11.9 Å². The Kier molecular flexibility index (Phi) is 8.45. The predicted molar refractivity (Wildman–Crippen MR) is 127 cm³/mol. The summed E-state index contributed by atoms with van der Waals surface area (Å²) >= 11 is 0. The average molecular weight is 462 g/mol. The Morgan fingerprint density at radius 1 is 0.941 bits per heavy atom. The summed E-state index contributed by atoms with van der Waals surface area (Å²) in [6, 6.07) is 19.7. The van der Waals surface area contributed by atoms with E-state index in [9.17, 15) is 18.8 Å². The molecule has 0 bridgehead atoms. The molecule has 0 fully saturated rings. The molecular formula is C25H23FN4O4. The monoisotopic (exact) mass is 462 g/mol. The Bertz CT molecular complexity index is 1200. The molecule has 0 aliphatic carbocycles. The van der Waals surface area contributed by atoms with Crippen molar-refractivity contribution in [3.05, 3.63) is 89.7 Å². The lowest BCUT2D eigenvalue weighted by atomic mass is 10.1. The predicted octanol–water partition coefficient (Wildman–Crippen LogP) is 3.49. The molecule has 0 unspecified atom stereocenters. The van der Waals surface area contributed by atoms with E-state index >= 15 is 0 Å². The summed E-state index contributed by atoms with van der Waals surface area (Å²) < 4.78 is 19.1. The van der Waals surface area contributed by atoms with E-state index in [-0.39, 0.29) is 18.2 Å². The number of aryl methyl sites for hydroxylation is 1. The Morgan fingerprint density at radius 2 is 1.71 bits per heavy atom. The molecule has 3 N–H and O–H groups in total. The van der Waals surface area contributed by atoms with Crippen molar-refractivity contribution in [1.29, 1.82) is 0 Å². The van der Waals surface area contributed by atoms with E-state index in [4.69, 9.17) is 4.74 Å². The molecule has 3 amide bonds. The first kappa shape index (κ1) is 24.1. The number of benzene rings is 3. The second kappa shape index (κ2) is 11.9. The number of hydrazone groups is 1.